The summed E-state index contributed by atoms with van der Waals surface area (Å²) in [4.78, 5) is 16.9. The summed E-state index contributed by atoms with van der Waals surface area (Å²) in [5.41, 5.74) is 3.47. The number of unbranched alkanes of at least 4 members (excludes halogenated alkanes) is 2. The number of aryl methyl sites for hydroxylation is 2. The van der Waals surface area contributed by atoms with Crippen molar-refractivity contribution in [1.29, 1.82) is 0 Å². The Balaban J connectivity index is 1.21. The molecule has 0 aliphatic rings. The van der Waals surface area contributed by atoms with E-state index in [2.05, 4.69) is 60.1 Å². The predicted octanol–water partition coefficient (Wildman–Crippen LogP) is 6.54. The first kappa shape index (κ1) is 27.2. The predicted molar refractivity (Wildman–Crippen MR) is 153 cm³/mol. The van der Waals surface area contributed by atoms with Gasteiger partial charge in [0.25, 0.3) is 5.91 Å². The van der Waals surface area contributed by atoms with E-state index in [9.17, 15) is 4.79 Å². The van der Waals surface area contributed by atoms with Crippen molar-refractivity contribution in [3.05, 3.63) is 90.3 Å². The first-order valence-corrected chi connectivity index (χ1v) is 13.7. The average Bonchev–Trinajstić information content (AvgIpc) is 3.29. The molecule has 1 N–H and O–H groups in total. The zero-order valence-corrected chi connectivity index (χ0v) is 22.6. The van der Waals surface area contributed by atoms with Gasteiger partial charge < -0.3 is 19.4 Å². The van der Waals surface area contributed by atoms with E-state index >= 15 is 0 Å². The second-order valence-corrected chi connectivity index (χ2v) is 9.83. The molecule has 1 amide bonds. The van der Waals surface area contributed by atoms with Crippen LogP contribution in [0.5, 0.6) is 11.5 Å². The van der Waals surface area contributed by atoms with Crippen LogP contribution in [0.2, 0.25) is 0 Å². The van der Waals surface area contributed by atoms with Gasteiger partial charge in [-0.3, -0.25) is 4.79 Å². The lowest BCUT2D eigenvalue weighted by Gasteiger charge is -2.14. The van der Waals surface area contributed by atoms with Crippen molar-refractivity contribution in [3.63, 3.8) is 0 Å². The molecule has 1 aromatic heterocycles. The fraction of sp³-hybridized carbons (Fsp3) is 0.375. The van der Waals surface area contributed by atoms with Crippen LogP contribution in [0.1, 0.15) is 56.8 Å². The third kappa shape index (κ3) is 7.85. The molecule has 38 heavy (non-hydrogen) atoms. The molecule has 1 heterocycles. The van der Waals surface area contributed by atoms with Crippen LogP contribution in [0.15, 0.2) is 78.9 Å². The van der Waals surface area contributed by atoms with Crippen LogP contribution in [0.3, 0.4) is 0 Å². The third-order valence-electron chi connectivity index (χ3n) is 6.57. The number of hydrogen-bond donors (Lipinski definition) is 1. The Morgan fingerprint density at radius 1 is 0.868 bits per heavy atom. The highest BCUT2D eigenvalue weighted by Gasteiger charge is 2.11. The lowest BCUT2D eigenvalue weighted by atomic mass is 10.0. The third-order valence-corrected chi connectivity index (χ3v) is 6.57. The second-order valence-electron chi connectivity index (χ2n) is 9.83. The molecular formula is C32H39N3O3. The molecule has 3 aromatic carbocycles. The molecule has 0 radical (unpaired) electrons. The Morgan fingerprint density at radius 2 is 1.63 bits per heavy atom. The number of nitrogens with one attached hydrogen (secondary N) is 1. The van der Waals surface area contributed by atoms with Gasteiger partial charge in [-0.25, -0.2) is 4.98 Å². The molecule has 0 unspecified atom stereocenters. The summed E-state index contributed by atoms with van der Waals surface area (Å²) in [7, 11) is 0. The largest absolute Gasteiger partial charge is 0.493 e. The van der Waals surface area contributed by atoms with E-state index in [1.54, 1.807) is 0 Å². The number of carbonyl (C=O) groups excluding carboxylic acids is 1. The van der Waals surface area contributed by atoms with Crippen molar-refractivity contribution in [2.75, 3.05) is 19.8 Å². The number of aromatic nitrogens is 2. The quantitative estimate of drug-likeness (QED) is 0.183. The van der Waals surface area contributed by atoms with E-state index in [4.69, 9.17) is 14.5 Å². The molecule has 0 fully saturated rings. The normalized spacial score (nSPS) is 11.1. The Kier molecular flexibility index (Phi) is 10.2. The number of hydrogen-bond acceptors (Lipinski definition) is 4. The number of rotatable bonds is 15. The van der Waals surface area contributed by atoms with Gasteiger partial charge >= 0.3 is 0 Å². The molecular weight excluding hydrogens is 474 g/mol. The molecule has 4 rings (SSSR count). The molecule has 6 nitrogen and oxygen atoms in total. The molecule has 0 aliphatic heterocycles. The summed E-state index contributed by atoms with van der Waals surface area (Å²) in [6, 6.07) is 26.0. The maximum absolute atomic E-state index is 12.0. The number of fused-ring (bicyclic) bond motifs is 1. The van der Waals surface area contributed by atoms with Crippen LogP contribution in [0.4, 0.5) is 0 Å². The molecule has 0 atom stereocenters. The van der Waals surface area contributed by atoms with Crippen LogP contribution >= 0.6 is 0 Å². The van der Waals surface area contributed by atoms with Crippen LogP contribution in [-0.4, -0.2) is 35.2 Å². The van der Waals surface area contributed by atoms with Gasteiger partial charge in [-0.1, -0.05) is 68.8 Å². The van der Waals surface area contributed by atoms with Crippen molar-refractivity contribution in [1.82, 2.24) is 14.9 Å². The van der Waals surface area contributed by atoms with Gasteiger partial charge in [-0.05, 0) is 61.1 Å². The number of para-hydroxylation sites is 4. The fourth-order valence-electron chi connectivity index (χ4n) is 4.59. The van der Waals surface area contributed by atoms with Gasteiger partial charge in [-0.2, -0.15) is 0 Å². The molecule has 200 valence electrons. The summed E-state index contributed by atoms with van der Waals surface area (Å²) < 4.78 is 14.0. The molecule has 0 bridgehead atoms. The molecule has 0 saturated heterocycles. The van der Waals surface area contributed by atoms with E-state index in [0.717, 1.165) is 55.7 Å². The maximum atomic E-state index is 12.0. The highest BCUT2D eigenvalue weighted by Crippen LogP contribution is 2.26. The van der Waals surface area contributed by atoms with Gasteiger partial charge in [0, 0.05) is 19.5 Å². The Morgan fingerprint density at radius 3 is 2.47 bits per heavy atom. The highest BCUT2D eigenvalue weighted by molar-refractivity contribution is 5.77. The van der Waals surface area contributed by atoms with E-state index < -0.39 is 0 Å². The van der Waals surface area contributed by atoms with Gasteiger partial charge in [0.15, 0.2) is 6.61 Å². The van der Waals surface area contributed by atoms with Crippen LogP contribution < -0.4 is 14.8 Å². The van der Waals surface area contributed by atoms with Crippen molar-refractivity contribution >= 4 is 16.9 Å². The highest BCUT2D eigenvalue weighted by atomic mass is 16.5. The minimum Gasteiger partial charge on any atom is -0.493 e. The fourth-order valence-corrected chi connectivity index (χ4v) is 4.59. The van der Waals surface area contributed by atoms with Crippen LogP contribution in [-0.2, 0) is 17.8 Å². The van der Waals surface area contributed by atoms with Crippen LogP contribution in [0, 0.1) is 0 Å². The monoisotopic (exact) mass is 513 g/mol. The first-order chi connectivity index (χ1) is 18.6. The second kappa shape index (κ2) is 14.2. The van der Waals surface area contributed by atoms with Crippen molar-refractivity contribution in [3.8, 4) is 11.5 Å². The van der Waals surface area contributed by atoms with E-state index in [0.29, 0.717) is 24.8 Å². The minimum atomic E-state index is -0.0890. The lowest BCUT2D eigenvalue weighted by Crippen LogP contribution is -2.29. The van der Waals surface area contributed by atoms with E-state index in [1.165, 1.54) is 11.1 Å². The summed E-state index contributed by atoms with van der Waals surface area (Å²) in [5.74, 6) is 3.16. The van der Waals surface area contributed by atoms with E-state index in [1.807, 2.05) is 42.5 Å². The molecule has 0 spiro atoms. The number of amides is 1. The summed E-state index contributed by atoms with van der Waals surface area (Å²) >= 11 is 0. The Hall–Kier alpha value is -3.80. The Bertz CT molecular complexity index is 1280. The topological polar surface area (TPSA) is 65.4 Å². The summed E-state index contributed by atoms with van der Waals surface area (Å²) in [6.07, 6.45) is 4.81. The Labute approximate surface area is 226 Å². The van der Waals surface area contributed by atoms with Gasteiger partial charge in [-0.15, -0.1) is 0 Å². The van der Waals surface area contributed by atoms with Gasteiger partial charge in [0.05, 0.1) is 17.6 Å². The van der Waals surface area contributed by atoms with E-state index in [-0.39, 0.29) is 12.5 Å². The molecule has 4 aromatic rings. The maximum Gasteiger partial charge on any atom is 0.257 e. The summed E-state index contributed by atoms with van der Waals surface area (Å²) in [5, 5.41) is 2.94. The van der Waals surface area contributed by atoms with Crippen molar-refractivity contribution in [2.45, 2.75) is 58.4 Å². The molecule has 0 saturated carbocycles. The first-order valence-electron chi connectivity index (χ1n) is 13.7. The van der Waals surface area contributed by atoms with Crippen molar-refractivity contribution in [2.24, 2.45) is 0 Å². The molecule has 6 heteroatoms. The number of imidazole rings is 1. The van der Waals surface area contributed by atoms with Crippen molar-refractivity contribution < 1.29 is 14.3 Å². The minimum absolute atomic E-state index is 0.0425. The smallest absolute Gasteiger partial charge is 0.257 e. The zero-order chi connectivity index (χ0) is 26.6. The SMILES string of the molecule is CC(C)c1ccccc1OCCCn1c(CCCCCNC(=O)COc2ccccc2)nc2ccccc21. The number of carbonyl (C=O) groups is 1. The summed E-state index contributed by atoms with van der Waals surface area (Å²) in [6.45, 7) is 6.63. The lowest BCUT2D eigenvalue weighted by molar-refractivity contribution is -0.123. The number of ether oxygens (including phenoxy) is 2. The zero-order valence-electron chi connectivity index (χ0n) is 22.6. The number of nitrogens with zero attached hydrogens (tertiary/aromatic N) is 2. The van der Waals surface area contributed by atoms with Gasteiger partial charge in [0.1, 0.15) is 17.3 Å². The van der Waals surface area contributed by atoms with Gasteiger partial charge in [0.2, 0.25) is 0 Å². The standard InChI is InChI=1S/C32H39N3O3/c1-25(2)27-16-8-11-19-30(27)37-23-13-22-35-29-18-10-9-17-28(29)34-31(35)20-7-4-12-21-33-32(36)24-38-26-14-5-3-6-15-26/h3,5-6,8-11,14-19,25H,4,7,12-13,20-24H2,1-2H3,(H,33,36). The average molecular weight is 514 g/mol. The van der Waals surface area contributed by atoms with Crippen LogP contribution in [0.25, 0.3) is 11.0 Å². The molecule has 0 aliphatic carbocycles. The number of benzene rings is 3.